The van der Waals surface area contributed by atoms with Crippen molar-refractivity contribution in [1.29, 1.82) is 0 Å². The van der Waals surface area contributed by atoms with Gasteiger partial charge in [0.05, 0.1) is 12.1 Å². The van der Waals surface area contributed by atoms with E-state index in [4.69, 9.17) is 4.74 Å². The van der Waals surface area contributed by atoms with Crippen LogP contribution in [0.1, 0.15) is 53.4 Å². The summed E-state index contributed by atoms with van der Waals surface area (Å²) in [5.74, 6) is -0.135. The average Bonchev–Trinajstić information content (AvgIpc) is 2.44. The number of likely N-dealkylation sites (tertiary alicyclic amines) is 1. The molecule has 0 bridgehead atoms. The average molecular weight is 316 g/mol. The summed E-state index contributed by atoms with van der Waals surface area (Å²) in [5.41, 5.74) is 0. The maximum Gasteiger partial charge on any atom is 0.222 e. The van der Waals surface area contributed by atoms with Crippen molar-refractivity contribution in [3.63, 3.8) is 0 Å². The van der Waals surface area contributed by atoms with Gasteiger partial charge in [-0.25, -0.2) is 4.39 Å². The molecule has 1 amide bonds. The molecule has 0 spiro atoms. The Morgan fingerprint density at radius 3 is 2.59 bits per heavy atom. The smallest absolute Gasteiger partial charge is 0.222 e. The van der Waals surface area contributed by atoms with Gasteiger partial charge in [0.25, 0.3) is 0 Å². The molecular formula is C17H33FN2O2. The Bertz CT molecular complexity index is 324. The molecule has 0 aromatic carbocycles. The van der Waals surface area contributed by atoms with Crippen LogP contribution in [-0.4, -0.2) is 55.4 Å². The topological polar surface area (TPSA) is 41.6 Å². The molecule has 0 radical (unpaired) electrons. The van der Waals surface area contributed by atoms with Crippen LogP contribution in [0.15, 0.2) is 0 Å². The third-order valence-corrected chi connectivity index (χ3v) is 4.05. The molecule has 5 heteroatoms. The first-order valence-corrected chi connectivity index (χ1v) is 8.68. The molecule has 1 fully saturated rings. The Labute approximate surface area is 134 Å². The Balaban J connectivity index is 2.14. The molecule has 1 saturated heterocycles. The Morgan fingerprint density at radius 1 is 1.27 bits per heavy atom. The first-order valence-electron chi connectivity index (χ1n) is 8.68. The van der Waals surface area contributed by atoms with Crippen LogP contribution in [0, 0.1) is 5.92 Å². The van der Waals surface area contributed by atoms with E-state index in [0.717, 1.165) is 39.0 Å². The van der Waals surface area contributed by atoms with Crippen LogP contribution in [-0.2, 0) is 9.53 Å². The SMILES string of the molecule is CC(C)OCCCCCN1CCC(NC(=O)C(C)C)C(F)C1. The molecule has 1 heterocycles. The van der Waals surface area contributed by atoms with Gasteiger partial charge in [0.1, 0.15) is 6.17 Å². The summed E-state index contributed by atoms with van der Waals surface area (Å²) >= 11 is 0. The number of alkyl halides is 1. The number of rotatable bonds is 9. The fraction of sp³-hybridized carbons (Fsp3) is 0.941. The van der Waals surface area contributed by atoms with Gasteiger partial charge in [-0.05, 0) is 46.1 Å². The highest BCUT2D eigenvalue weighted by atomic mass is 19.1. The van der Waals surface area contributed by atoms with Gasteiger partial charge in [-0.2, -0.15) is 0 Å². The summed E-state index contributed by atoms with van der Waals surface area (Å²) in [6, 6.07) is -0.314. The second kappa shape index (κ2) is 10.2. The fourth-order valence-electron chi connectivity index (χ4n) is 2.62. The van der Waals surface area contributed by atoms with E-state index in [0.29, 0.717) is 19.1 Å². The molecule has 4 nitrogen and oxygen atoms in total. The Morgan fingerprint density at radius 2 is 2.00 bits per heavy atom. The molecule has 130 valence electrons. The molecule has 1 N–H and O–H groups in total. The van der Waals surface area contributed by atoms with Crippen molar-refractivity contribution >= 4 is 5.91 Å². The maximum absolute atomic E-state index is 14.2. The maximum atomic E-state index is 14.2. The molecule has 0 aromatic rings. The lowest BCUT2D eigenvalue weighted by Gasteiger charge is -2.35. The van der Waals surface area contributed by atoms with Gasteiger partial charge in [-0.1, -0.05) is 13.8 Å². The number of carbonyl (C=O) groups is 1. The molecule has 0 aliphatic carbocycles. The van der Waals surface area contributed by atoms with Crippen molar-refractivity contribution < 1.29 is 13.9 Å². The molecule has 1 aliphatic rings. The minimum Gasteiger partial charge on any atom is -0.379 e. The molecule has 22 heavy (non-hydrogen) atoms. The zero-order chi connectivity index (χ0) is 16.5. The Kier molecular flexibility index (Phi) is 8.95. The van der Waals surface area contributed by atoms with Crippen LogP contribution in [0.25, 0.3) is 0 Å². The fourth-order valence-corrected chi connectivity index (χ4v) is 2.62. The first kappa shape index (κ1) is 19.4. The largest absolute Gasteiger partial charge is 0.379 e. The van der Waals surface area contributed by atoms with Crippen LogP contribution in [0.2, 0.25) is 0 Å². The highest BCUT2D eigenvalue weighted by Crippen LogP contribution is 2.15. The third kappa shape index (κ3) is 7.54. The Hall–Kier alpha value is -0.680. The van der Waals surface area contributed by atoms with E-state index in [2.05, 4.69) is 10.2 Å². The number of nitrogens with zero attached hydrogens (tertiary/aromatic N) is 1. The lowest BCUT2D eigenvalue weighted by molar-refractivity contribution is -0.125. The number of amides is 1. The minimum atomic E-state index is -0.958. The van der Waals surface area contributed by atoms with Crippen molar-refractivity contribution in [2.24, 2.45) is 5.92 Å². The highest BCUT2D eigenvalue weighted by molar-refractivity contribution is 5.78. The number of nitrogens with one attached hydrogen (secondary N) is 1. The number of piperidine rings is 1. The van der Waals surface area contributed by atoms with Gasteiger partial charge in [-0.3, -0.25) is 4.79 Å². The van der Waals surface area contributed by atoms with Crippen molar-refractivity contribution in [1.82, 2.24) is 10.2 Å². The first-order chi connectivity index (χ1) is 10.4. The molecule has 0 saturated carbocycles. The summed E-state index contributed by atoms with van der Waals surface area (Å²) < 4.78 is 19.7. The number of hydrogen-bond acceptors (Lipinski definition) is 3. The summed E-state index contributed by atoms with van der Waals surface area (Å²) in [4.78, 5) is 13.8. The van der Waals surface area contributed by atoms with Gasteiger partial charge >= 0.3 is 0 Å². The molecule has 2 unspecified atom stereocenters. The van der Waals surface area contributed by atoms with Gasteiger partial charge in [0, 0.05) is 25.6 Å². The predicted octanol–water partition coefficient (Wildman–Crippen LogP) is 2.77. The van der Waals surface area contributed by atoms with Gasteiger partial charge in [0.15, 0.2) is 0 Å². The van der Waals surface area contributed by atoms with E-state index in [1.165, 1.54) is 0 Å². The number of ether oxygens (including phenoxy) is 1. The summed E-state index contributed by atoms with van der Waals surface area (Å²) in [5, 5.41) is 2.83. The summed E-state index contributed by atoms with van der Waals surface area (Å²) in [6.07, 6.45) is 3.31. The van der Waals surface area contributed by atoms with Gasteiger partial charge in [-0.15, -0.1) is 0 Å². The highest BCUT2D eigenvalue weighted by Gasteiger charge is 2.30. The van der Waals surface area contributed by atoms with E-state index >= 15 is 0 Å². The molecular weight excluding hydrogens is 283 g/mol. The normalized spacial score (nSPS) is 23.2. The van der Waals surface area contributed by atoms with Crippen LogP contribution in [0.5, 0.6) is 0 Å². The van der Waals surface area contributed by atoms with E-state index in [9.17, 15) is 9.18 Å². The zero-order valence-corrected chi connectivity index (χ0v) is 14.6. The van der Waals surface area contributed by atoms with Crippen molar-refractivity contribution in [3.8, 4) is 0 Å². The number of halogens is 1. The van der Waals surface area contributed by atoms with Crippen LogP contribution in [0.3, 0.4) is 0 Å². The zero-order valence-electron chi connectivity index (χ0n) is 14.6. The van der Waals surface area contributed by atoms with E-state index in [1.807, 2.05) is 27.7 Å². The third-order valence-electron chi connectivity index (χ3n) is 4.05. The molecule has 2 atom stereocenters. The van der Waals surface area contributed by atoms with E-state index < -0.39 is 6.17 Å². The monoisotopic (exact) mass is 316 g/mol. The molecule has 1 rings (SSSR count). The van der Waals surface area contributed by atoms with E-state index in [-0.39, 0.29) is 17.9 Å². The number of hydrogen-bond donors (Lipinski definition) is 1. The van der Waals surface area contributed by atoms with Gasteiger partial charge < -0.3 is 15.0 Å². The molecule has 1 aliphatic heterocycles. The quantitative estimate of drug-likeness (QED) is 0.665. The number of carbonyl (C=O) groups excluding carboxylic acids is 1. The van der Waals surface area contributed by atoms with E-state index in [1.54, 1.807) is 0 Å². The van der Waals surface area contributed by atoms with Gasteiger partial charge in [0.2, 0.25) is 5.91 Å². The predicted molar refractivity (Wildman–Crippen MR) is 87.7 cm³/mol. The lowest BCUT2D eigenvalue weighted by Crippen LogP contribution is -2.53. The van der Waals surface area contributed by atoms with Crippen molar-refractivity contribution in [2.75, 3.05) is 26.2 Å². The number of unbranched alkanes of at least 4 members (excludes halogenated alkanes) is 2. The van der Waals surface area contributed by atoms with Crippen LogP contribution >= 0.6 is 0 Å². The standard InChI is InChI=1S/C17H33FN2O2/c1-13(2)17(21)19-16-8-10-20(12-15(16)18)9-6-5-7-11-22-14(3)4/h13-16H,5-12H2,1-4H3,(H,19,21). The van der Waals surface area contributed by atoms with Crippen molar-refractivity contribution in [3.05, 3.63) is 0 Å². The van der Waals surface area contributed by atoms with Crippen LogP contribution in [0.4, 0.5) is 4.39 Å². The second-order valence-electron chi connectivity index (χ2n) is 6.86. The van der Waals surface area contributed by atoms with Crippen LogP contribution < -0.4 is 5.32 Å². The summed E-state index contributed by atoms with van der Waals surface area (Å²) in [6.45, 7) is 10.8. The summed E-state index contributed by atoms with van der Waals surface area (Å²) in [7, 11) is 0. The van der Waals surface area contributed by atoms with Crippen molar-refractivity contribution in [2.45, 2.75) is 71.7 Å². The molecule has 0 aromatic heterocycles. The second-order valence-corrected chi connectivity index (χ2v) is 6.86. The lowest BCUT2D eigenvalue weighted by atomic mass is 10.0. The minimum absolute atomic E-state index is 0.0498.